The smallest absolute Gasteiger partial charge is 0.335 e. The van der Waals surface area contributed by atoms with E-state index in [1.165, 1.54) is 26.4 Å². The topological polar surface area (TPSA) is 81.8 Å². The summed E-state index contributed by atoms with van der Waals surface area (Å²) >= 11 is 0. The van der Waals surface area contributed by atoms with E-state index < -0.39 is 5.97 Å². The van der Waals surface area contributed by atoms with Crippen molar-refractivity contribution in [3.05, 3.63) is 29.3 Å². The van der Waals surface area contributed by atoms with E-state index in [0.29, 0.717) is 12.1 Å². The number of nitrogens with two attached hydrogens (primary N) is 1. The number of carboxylic acids is 1. The second kappa shape index (κ2) is 5.48. The highest BCUT2D eigenvalue weighted by molar-refractivity contribution is 5.88. The fraction of sp³-hybridized carbons (Fsp3) is 0.364. The van der Waals surface area contributed by atoms with Gasteiger partial charge in [0.05, 0.1) is 5.56 Å². The van der Waals surface area contributed by atoms with Gasteiger partial charge in [-0.05, 0) is 17.7 Å². The maximum atomic E-state index is 10.7. The number of carbonyl (C=O) groups is 1. The second-order valence-electron chi connectivity index (χ2n) is 3.32. The molecule has 88 valence electrons. The van der Waals surface area contributed by atoms with Crippen molar-refractivity contribution in [1.29, 1.82) is 0 Å². The largest absolute Gasteiger partial charge is 0.478 e. The number of hydrogen-bond acceptors (Lipinski definition) is 4. The van der Waals surface area contributed by atoms with Gasteiger partial charge in [-0.3, -0.25) is 0 Å². The molecule has 16 heavy (non-hydrogen) atoms. The molecule has 1 aromatic rings. The minimum Gasteiger partial charge on any atom is -0.478 e. The predicted octanol–water partition coefficient (Wildman–Crippen LogP) is 1.13. The third-order valence-corrected chi connectivity index (χ3v) is 2.31. The molecule has 5 heteroatoms. The number of benzene rings is 1. The van der Waals surface area contributed by atoms with Crippen LogP contribution in [-0.4, -0.2) is 31.6 Å². The molecular weight excluding hydrogens is 210 g/mol. The number of anilines is 1. The van der Waals surface area contributed by atoms with Gasteiger partial charge in [0.2, 0.25) is 0 Å². The maximum Gasteiger partial charge on any atom is 0.335 e. The lowest BCUT2D eigenvalue weighted by Crippen LogP contribution is -2.17. The van der Waals surface area contributed by atoms with Crippen molar-refractivity contribution in [1.82, 2.24) is 0 Å². The van der Waals surface area contributed by atoms with E-state index in [-0.39, 0.29) is 11.9 Å². The fourth-order valence-electron chi connectivity index (χ4n) is 1.36. The first-order chi connectivity index (χ1) is 7.58. The quantitative estimate of drug-likeness (QED) is 0.579. The maximum absolute atomic E-state index is 10.7. The molecule has 1 aromatic carbocycles. The summed E-state index contributed by atoms with van der Waals surface area (Å²) in [6.07, 6.45) is 0.108. The third kappa shape index (κ3) is 2.95. The molecule has 0 spiro atoms. The van der Waals surface area contributed by atoms with Gasteiger partial charge in [0.25, 0.3) is 0 Å². The normalized spacial score (nSPS) is 10.7. The van der Waals surface area contributed by atoms with Crippen molar-refractivity contribution in [3.8, 4) is 0 Å². The Bertz CT molecular complexity index is 374. The third-order valence-electron chi connectivity index (χ3n) is 2.31. The first kappa shape index (κ1) is 12.5. The van der Waals surface area contributed by atoms with E-state index in [1.807, 2.05) is 0 Å². The van der Waals surface area contributed by atoms with Crippen molar-refractivity contribution < 1.29 is 19.4 Å². The standard InChI is InChI=1S/C11H15NO4/c1-15-10(16-2)6-7-3-4-8(11(13)14)5-9(7)12/h3-5,10H,6,12H2,1-2H3,(H,13,14). The fourth-order valence-corrected chi connectivity index (χ4v) is 1.36. The number of methoxy groups -OCH3 is 2. The van der Waals surface area contributed by atoms with E-state index in [0.717, 1.165) is 5.56 Å². The average molecular weight is 225 g/mol. The molecule has 0 atom stereocenters. The summed E-state index contributed by atoms with van der Waals surface area (Å²) in [4.78, 5) is 10.7. The molecule has 0 bridgehead atoms. The van der Waals surface area contributed by atoms with Gasteiger partial charge in [-0.25, -0.2) is 4.79 Å². The van der Waals surface area contributed by atoms with E-state index >= 15 is 0 Å². The molecule has 0 fully saturated rings. The summed E-state index contributed by atoms with van der Waals surface area (Å²) < 4.78 is 10.1. The summed E-state index contributed by atoms with van der Waals surface area (Å²) in [5.41, 5.74) is 7.15. The van der Waals surface area contributed by atoms with Gasteiger partial charge in [-0.2, -0.15) is 0 Å². The van der Waals surface area contributed by atoms with Gasteiger partial charge in [0, 0.05) is 26.3 Å². The van der Waals surface area contributed by atoms with Crippen LogP contribution in [0.15, 0.2) is 18.2 Å². The van der Waals surface area contributed by atoms with E-state index in [4.69, 9.17) is 20.3 Å². The zero-order valence-electron chi connectivity index (χ0n) is 9.27. The number of carboxylic acid groups (broad SMARTS) is 1. The average Bonchev–Trinajstić information content (AvgIpc) is 2.27. The molecule has 0 aliphatic heterocycles. The summed E-state index contributed by atoms with van der Waals surface area (Å²) in [6, 6.07) is 4.61. The molecular formula is C11H15NO4. The molecule has 0 saturated heterocycles. The molecule has 5 nitrogen and oxygen atoms in total. The summed E-state index contributed by atoms with van der Waals surface area (Å²) in [6.45, 7) is 0. The predicted molar refractivity (Wildman–Crippen MR) is 59.3 cm³/mol. The van der Waals surface area contributed by atoms with Gasteiger partial charge in [0.15, 0.2) is 6.29 Å². The van der Waals surface area contributed by atoms with Crippen LogP contribution >= 0.6 is 0 Å². The van der Waals surface area contributed by atoms with Crippen molar-refractivity contribution in [2.75, 3.05) is 20.0 Å². The lowest BCUT2D eigenvalue weighted by atomic mass is 10.1. The van der Waals surface area contributed by atoms with E-state index in [9.17, 15) is 4.79 Å². The van der Waals surface area contributed by atoms with Crippen molar-refractivity contribution in [2.45, 2.75) is 12.7 Å². The molecule has 0 aliphatic carbocycles. The number of hydrogen-bond donors (Lipinski definition) is 2. The Labute approximate surface area is 93.8 Å². The number of nitrogen functional groups attached to an aromatic ring is 1. The van der Waals surface area contributed by atoms with Gasteiger partial charge >= 0.3 is 5.97 Å². The summed E-state index contributed by atoms with van der Waals surface area (Å²) in [5.74, 6) is -0.992. The van der Waals surface area contributed by atoms with Crippen molar-refractivity contribution in [2.24, 2.45) is 0 Å². The SMILES string of the molecule is COC(Cc1ccc(C(=O)O)cc1N)OC. The Morgan fingerprint density at radius 3 is 2.50 bits per heavy atom. The van der Waals surface area contributed by atoms with Crippen LogP contribution < -0.4 is 5.73 Å². The Balaban J connectivity index is 2.86. The number of rotatable bonds is 5. The second-order valence-corrected chi connectivity index (χ2v) is 3.32. The molecule has 0 unspecified atom stereocenters. The van der Waals surface area contributed by atoms with Gasteiger partial charge in [-0.15, -0.1) is 0 Å². The highest BCUT2D eigenvalue weighted by Crippen LogP contribution is 2.17. The molecule has 1 rings (SSSR count). The van der Waals surface area contributed by atoms with Crippen LogP contribution in [0.3, 0.4) is 0 Å². The lowest BCUT2D eigenvalue weighted by Gasteiger charge is -2.14. The number of aromatic carboxylic acids is 1. The molecule has 0 aliphatic rings. The first-order valence-electron chi connectivity index (χ1n) is 4.75. The molecule has 0 radical (unpaired) electrons. The molecule has 0 saturated carbocycles. The molecule has 0 heterocycles. The van der Waals surface area contributed by atoms with Gasteiger partial charge in [0.1, 0.15) is 0 Å². The minimum absolute atomic E-state index is 0.174. The highest BCUT2D eigenvalue weighted by atomic mass is 16.7. The Hall–Kier alpha value is -1.59. The van der Waals surface area contributed by atoms with Crippen molar-refractivity contribution in [3.63, 3.8) is 0 Å². The highest BCUT2D eigenvalue weighted by Gasteiger charge is 2.11. The molecule has 0 amide bonds. The monoisotopic (exact) mass is 225 g/mol. The van der Waals surface area contributed by atoms with Crippen LogP contribution in [-0.2, 0) is 15.9 Å². The van der Waals surface area contributed by atoms with Crippen LogP contribution in [0.25, 0.3) is 0 Å². The zero-order chi connectivity index (χ0) is 12.1. The van der Waals surface area contributed by atoms with Crippen LogP contribution in [0.4, 0.5) is 5.69 Å². The van der Waals surface area contributed by atoms with Crippen molar-refractivity contribution >= 4 is 11.7 Å². The minimum atomic E-state index is -0.992. The lowest BCUT2D eigenvalue weighted by molar-refractivity contribution is -0.100. The molecule has 3 N–H and O–H groups in total. The van der Waals surface area contributed by atoms with Crippen LogP contribution in [0.5, 0.6) is 0 Å². The zero-order valence-corrected chi connectivity index (χ0v) is 9.27. The van der Waals surface area contributed by atoms with E-state index in [2.05, 4.69) is 0 Å². The van der Waals surface area contributed by atoms with Gasteiger partial charge in [-0.1, -0.05) is 6.07 Å². The van der Waals surface area contributed by atoms with Crippen LogP contribution in [0, 0.1) is 0 Å². The Morgan fingerprint density at radius 2 is 2.06 bits per heavy atom. The number of ether oxygens (including phenoxy) is 2. The Kier molecular flexibility index (Phi) is 4.28. The summed E-state index contributed by atoms with van der Waals surface area (Å²) in [7, 11) is 3.08. The van der Waals surface area contributed by atoms with Crippen LogP contribution in [0.1, 0.15) is 15.9 Å². The van der Waals surface area contributed by atoms with E-state index in [1.54, 1.807) is 6.07 Å². The Morgan fingerprint density at radius 1 is 1.44 bits per heavy atom. The van der Waals surface area contributed by atoms with Gasteiger partial charge < -0.3 is 20.3 Å². The van der Waals surface area contributed by atoms with Crippen LogP contribution in [0.2, 0.25) is 0 Å². The summed E-state index contributed by atoms with van der Waals surface area (Å²) in [5, 5.41) is 8.77. The first-order valence-corrected chi connectivity index (χ1v) is 4.75. The molecule has 0 aromatic heterocycles.